The summed E-state index contributed by atoms with van der Waals surface area (Å²) in [7, 11) is 3.27. The van der Waals surface area contributed by atoms with Gasteiger partial charge in [0.25, 0.3) is 5.56 Å². The van der Waals surface area contributed by atoms with Gasteiger partial charge in [0, 0.05) is 19.1 Å². The van der Waals surface area contributed by atoms with Gasteiger partial charge in [0.05, 0.1) is 13.4 Å². The van der Waals surface area contributed by atoms with Crippen LogP contribution in [0.2, 0.25) is 0 Å². The summed E-state index contributed by atoms with van der Waals surface area (Å²) in [5, 5.41) is 0. The fraction of sp³-hybridized carbons (Fsp3) is 0.600. The lowest BCUT2D eigenvalue weighted by Gasteiger charge is -2.35. The summed E-state index contributed by atoms with van der Waals surface area (Å²) in [5.74, 6) is 0.688. The molecule has 1 aromatic heterocycles. The lowest BCUT2D eigenvalue weighted by Crippen LogP contribution is -2.48. The zero-order valence-corrected chi connectivity index (χ0v) is 10.1. The first-order valence-corrected chi connectivity index (χ1v) is 4.99. The van der Waals surface area contributed by atoms with Gasteiger partial charge in [-0.1, -0.05) is 0 Å². The average Bonchev–Trinajstić information content (AvgIpc) is 2.27. The lowest BCUT2D eigenvalue weighted by atomic mass is 10.0. The van der Waals surface area contributed by atoms with Crippen molar-refractivity contribution in [3.05, 3.63) is 16.7 Å². The summed E-state index contributed by atoms with van der Waals surface area (Å²) in [5.41, 5.74) is 5.08. The van der Waals surface area contributed by atoms with Gasteiger partial charge in [0.15, 0.2) is 5.82 Å². The molecule has 0 spiro atoms. The SMILES string of the molecule is COc1c(N(C)C(C)(C)CN)nc[nH]c1=O. The second-order valence-corrected chi connectivity index (χ2v) is 4.16. The van der Waals surface area contributed by atoms with Gasteiger partial charge in [-0.3, -0.25) is 4.79 Å². The first-order valence-electron chi connectivity index (χ1n) is 4.99. The minimum atomic E-state index is -0.299. The van der Waals surface area contributed by atoms with Gasteiger partial charge >= 0.3 is 0 Å². The maximum Gasteiger partial charge on any atom is 0.295 e. The summed E-state index contributed by atoms with van der Waals surface area (Å²) in [4.78, 5) is 19.9. The van der Waals surface area contributed by atoms with Crippen LogP contribution in [0.4, 0.5) is 5.82 Å². The lowest BCUT2D eigenvalue weighted by molar-refractivity contribution is 0.399. The maximum atomic E-state index is 11.5. The van der Waals surface area contributed by atoms with E-state index in [-0.39, 0.29) is 16.8 Å². The van der Waals surface area contributed by atoms with Crippen LogP contribution in [-0.2, 0) is 0 Å². The van der Waals surface area contributed by atoms with Gasteiger partial charge < -0.3 is 20.4 Å². The molecule has 0 saturated heterocycles. The third-order valence-corrected chi connectivity index (χ3v) is 2.72. The van der Waals surface area contributed by atoms with Crippen LogP contribution in [0, 0.1) is 0 Å². The Labute approximate surface area is 94.4 Å². The fourth-order valence-electron chi connectivity index (χ4n) is 1.22. The van der Waals surface area contributed by atoms with Gasteiger partial charge in [-0.25, -0.2) is 4.98 Å². The summed E-state index contributed by atoms with van der Waals surface area (Å²) in [6.07, 6.45) is 1.35. The van der Waals surface area contributed by atoms with Crippen LogP contribution in [0.5, 0.6) is 5.75 Å². The fourth-order valence-corrected chi connectivity index (χ4v) is 1.22. The van der Waals surface area contributed by atoms with Gasteiger partial charge in [-0.15, -0.1) is 0 Å². The topological polar surface area (TPSA) is 84.2 Å². The van der Waals surface area contributed by atoms with E-state index in [4.69, 9.17) is 10.5 Å². The van der Waals surface area contributed by atoms with E-state index in [2.05, 4.69) is 9.97 Å². The van der Waals surface area contributed by atoms with Crippen molar-refractivity contribution >= 4 is 5.82 Å². The standard InChI is InChI=1S/C10H18N4O2/c1-10(2,5-11)14(3)8-7(16-4)9(15)13-6-12-8/h6H,5,11H2,1-4H3,(H,12,13,15). The second-order valence-electron chi connectivity index (χ2n) is 4.16. The van der Waals surface area contributed by atoms with E-state index in [1.165, 1.54) is 13.4 Å². The molecule has 1 heterocycles. The number of H-pyrrole nitrogens is 1. The first-order chi connectivity index (χ1) is 7.44. The van der Waals surface area contributed by atoms with Crippen molar-refractivity contribution in [1.29, 1.82) is 0 Å². The molecule has 0 saturated carbocycles. The number of aromatic nitrogens is 2. The van der Waals surface area contributed by atoms with E-state index in [0.717, 1.165) is 0 Å². The highest BCUT2D eigenvalue weighted by atomic mass is 16.5. The van der Waals surface area contributed by atoms with Gasteiger partial charge in [0.1, 0.15) is 0 Å². The molecule has 0 aliphatic heterocycles. The molecule has 1 rings (SSSR count). The van der Waals surface area contributed by atoms with Crippen LogP contribution in [0.15, 0.2) is 11.1 Å². The molecule has 0 aliphatic carbocycles. The number of nitrogens with one attached hydrogen (secondary N) is 1. The van der Waals surface area contributed by atoms with E-state index in [1.807, 2.05) is 25.8 Å². The van der Waals surface area contributed by atoms with Crippen LogP contribution < -0.4 is 20.9 Å². The van der Waals surface area contributed by atoms with Crippen LogP contribution in [0.3, 0.4) is 0 Å². The minimum absolute atomic E-state index is 0.200. The zero-order chi connectivity index (χ0) is 12.3. The second kappa shape index (κ2) is 4.52. The van der Waals surface area contributed by atoms with Crippen LogP contribution >= 0.6 is 0 Å². The van der Waals surface area contributed by atoms with E-state index < -0.39 is 0 Å². The number of hydrogen-bond acceptors (Lipinski definition) is 5. The van der Waals surface area contributed by atoms with Crippen molar-refractivity contribution in [2.45, 2.75) is 19.4 Å². The highest BCUT2D eigenvalue weighted by molar-refractivity contribution is 5.52. The van der Waals surface area contributed by atoms with Crippen LogP contribution in [0.1, 0.15) is 13.8 Å². The predicted molar refractivity (Wildman–Crippen MR) is 62.9 cm³/mol. The molecule has 0 atom stereocenters. The molecule has 0 bridgehead atoms. The molecule has 0 radical (unpaired) electrons. The van der Waals surface area contributed by atoms with Crippen LogP contribution in [0.25, 0.3) is 0 Å². The summed E-state index contributed by atoms with van der Waals surface area (Å²) in [6.45, 7) is 4.38. The smallest absolute Gasteiger partial charge is 0.295 e. The number of methoxy groups -OCH3 is 1. The molecule has 3 N–H and O–H groups in total. The molecule has 6 heteroatoms. The highest BCUT2D eigenvalue weighted by Crippen LogP contribution is 2.25. The Morgan fingerprint density at radius 1 is 1.62 bits per heavy atom. The zero-order valence-electron chi connectivity index (χ0n) is 10.1. The molecule has 0 aliphatic rings. The van der Waals surface area contributed by atoms with Gasteiger partial charge in [0.2, 0.25) is 5.75 Å². The highest BCUT2D eigenvalue weighted by Gasteiger charge is 2.26. The molecule has 0 amide bonds. The van der Waals surface area contributed by atoms with Crippen molar-refractivity contribution in [2.75, 3.05) is 25.6 Å². The van der Waals surface area contributed by atoms with Crippen molar-refractivity contribution in [3.8, 4) is 5.75 Å². The van der Waals surface area contributed by atoms with E-state index in [1.54, 1.807) is 0 Å². The Hall–Kier alpha value is -1.56. The molecule has 90 valence electrons. The molecule has 6 nitrogen and oxygen atoms in total. The van der Waals surface area contributed by atoms with Gasteiger partial charge in [-0.05, 0) is 13.8 Å². The van der Waals surface area contributed by atoms with E-state index >= 15 is 0 Å². The van der Waals surface area contributed by atoms with Gasteiger partial charge in [-0.2, -0.15) is 0 Å². The van der Waals surface area contributed by atoms with Crippen molar-refractivity contribution < 1.29 is 4.74 Å². The Balaban J connectivity index is 3.23. The third kappa shape index (κ3) is 2.16. The number of rotatable bonds is 4. The third-order valence-electron chi connectivity index (χ3n) is 2.72. The summed E-state index contributed by atoms with van der Waals surface area (Å²) in [6, 6.07) is 0. The molecule has 0 aromatic carbocycles. The van der Waals surface area contributed by atoms with Crippen LogP contribution in [-0.4, -0.2) is 36.2 Å². The molecule has 16 heavy (non-hydrogen) atoms. The number of nitrogens with two attached hydrogens (primary N) is 1. The number of anilines is 1. The largest absolute Gasteiger partial charge is 0.489 e. The summed E-state index contributed by atoms with van der Waals surface area (Å²) < 4.78 is 5.05. The monoisotopic (exact) mass is 226 g/mol. The molecule has 0 unspecified atom stereocenters. The van der Waals surface area contributed by atoms with Crippen molar-refractivity contribution in [2.24, 2.45) is 5.73 Å². The number of ether oxygens (including phenoxy) is 1. The number of likely N-dealkylation sites (N-methyl/N-ethyl adjacent to an activating group) is 1. The Morgan fingerprint density at radius 3 is 2.75 bits per heavy atom. The first kappa shape index (κ1) is 12.5. The average molecular weight is 226 g/mol. The molecular formula is C10H18N4O2. The quantitative estimate of drug-likeness (QED) is 0.752. The predicted octanol–water partition coefficient (Wildman–Crippen LogP) is -0.0480. The van der Waals surface area contributed by atoms with E-state index in [0.29, 0.717) is 12.4 Å². The number of hydrogen-bond donors (Lipinski definition) is 2. The van der Waals surface area contributed by atoms with Crippen molar-refractivity contribution in [1.82, 2.24) is 9.97 Å². The Morgan fingerprint density at radius 2 is 2.25 bits per heavy atom. The molecular weight excluding hydrogens is 208 g/mol. The molecule has 0 fully saturated rings. The Kier molecular flexibility index (Phi) is 3.54. The maximum absolute atomic E-state index is 11.5. The number of aromatic amines is 1. The Bertz CT molecular complexity index is 414. The molecule has 1 aromatic rings. The number of nitrogens with zero attached hydrogens (tertiary/aromatic N) is 2. The van der Waals surface area contributed by atoms with Crippen molar-refractivity contribution in [3.63, 3.8) is 0 Å². The minimum Gasteiger partial charge on any atom is -0.489 e. The summed E-state index contributed by atoms with van der Waals surface area (Å²) >= 11 is 0. The van der Waals surface area contributed by atoms with E-state index in [9.17, 15) is 4.79 Å². The normalized spacial score (nSPS) is 11.3.